The van der Waals surface area contributed by atoms with Crippen LogP contribution in [-0.2, 0) is 16.6 Å². The van der Waals surface area contributed by atoms with Crippen molar-refractivity contribution in [3.8, 4) is 5.75 Å². The lowest BCUT2D eigenvalue weighted by Gasteiger charge is -2.20. The zero-order chi connectivity index (χ0) is 27.6. The van der Waals surface area contributed by atoms with Crippen molar-refractivity contribution in [3.63, 3.8) is 0 Å². The van der Waals surface area contributed by atoms with Gasteiger partial charge in [0.2, 0.25) is 0 Å². The molecular formula is C27H20Cl2N4O4S2. The average Bonchev–Trinajstić information content (AvgIpc) is 3.39. The molecule has 1 amide bonds. The van der Waals surface area contributed by atoms with E-state index in [-0.39, 0.29) is 17.3 Å². The summed E-state index contributed by atoms with van der Waals surface area (Å²) in [7, 11) is -2.29. The number of halogens is 2. The van der Waals surface area contributed by atoms with Crippen LogP contribution in [-0.4, -0.2) is 31.4 Å². The summed E-state index contributed by atoms with van der Waals surface area (Å²) in [5, 5.41) is 1.36. The van der Waals surface area contributed by atoms with Gasteiger partial charge >= 0.3 is 0 Å². The summed E-state index contributed by atoms with van der Waals surface area (Å²) in [4.78, 5) is 24.2. The van der Waals surface area contributed by atoms with Gasteiger partial charge in [0.05, 0.1) is 28.3 Å². The lowest BCUT2D eigenvalue weighted by Crippen LogP contribution is -2.30. The van der Waals surface area contributed by atoms with Crippen LogP contribution in [0.25, 0.3) is 10.2 Å². The van der Waals surface area contributed by atoms with E-state index >= 15 is 0 Å². The molecule has 5 rings (SSSR count). The number of nitrogens with one attached hydrogen (secondary N) is 1. The number of hydrogen-bond acceptors (Lipinski definition) is 7. The molecule has 5 aromatic rings. The molecule has 0 spiro atoms. The zero-order valence-corrected chi connectivity index (χ0v) is 23.5. The van der Waals surface area contributed by atoms with Gasteiger partial charge in [-0.1, -0.05) is 40.6 Å². The molecule has 0 unspecified atom stereocenters. The second-order valence-electron chi connectivity index (χ2n) is 8.31. The van der Waals surface area contributed by atoms with Crippen LogP contribution < -0.4 is 14.4 Å². The second-order valence-corrected chi connectivity index (χ2v) is 11.8. The van der Waals surface area contributed by atoms with Gasteiger partial charge in [0.1, 0.15) is 11.3 Å². The number of aromatic nitrogens is 2. The Hall–Kier alpha value is -3.70. The SMILES string of the molecule is COc1ccc(Cl)c2sc(N(Cc3cccnc3)C(=O)c3ccc(NS(=O)(=O)c4ccc(Cl)cc4)cc3)nc12. The molecule has 0 saturated carbocycles. The van der Waals surface area contributed by atoms with Crippen LogP contribution in [0.3, 0.4) is 0 Å². The fourth-order valence-electron chi connectivity index (χ4n) is 3.79. The number of ether oxygens (including phenoxy) is 1. The number of anilines is 2. The largest absolute Gasteiger partial charge is 0.494 e. The molecule has 2 heterocycles. The van der Waals surface area contributed by atoms with Crippen LogP contribution >= 0.6 is 34.5 Å². The Kier molecular flexibility index (Phi) is 7.72. The van der Waals surface area contributed by atoms with Gasteiger partial charge in [-0.2, -0.15) is 0 Å². The predicted molar refractivity (Wildman–Crippen MR) is 155 cm³/mol. The number of carbonyl (C=O) groups excluding carboxylic acids is 1. The molecule has 0 radical (unpaired) electrons. The van der Waals surface area contributed by atoms with E-state index in [2.05, 4.69) is 14.7 Å². The Morgan fingerprint density at radius 2 is 1.77 bits per heavy atom. The fraction of sp³-hybridized carbons (Fsp3) is 0.0741. The van der Waals surface area contributed by atoms with Gasteiger partial charge in [0.15, 0.2) is 5.13 Å². The third kappa shape index (κ3) is 5.84. The summed E-state index contributed by atoms with van der Waals surface area (Å²) < 4.78 is 34.1. The Morgan fingerprint density at radius 1 is 1.03 bits per heavy atom. The monoisotopic (exact) mass is 598 g/mol. The van der Waals surface area contributed by atoms with E-state index < -0.39 is 10.0 Å². The highest BCUT2D eigenvalue weighted by molar-refractivity contribution is 7.92. The maximum absolute atomic E-state index is 13.8. The highest BCUT2D eigenvalue weighted by atomic mass is 35.5. The summed E-state index contributed by atoms with van der Waals surface area (Å²) in [6.07, 6.45) is 3.33. The molecular weight excluding hydrogens is 579 g/mol. The van der Waals surface area contributed by atoms with Gasteiger partial charge < -0.3 is 4.74 Å². The summed E-state index contributed by atoms with van der Waals surface area (Å²) in [5.74, 6) is 0.211. The lowest BCUT2D eigenvalue weighted by atomic mass is 10.1. The number of pyridine rings is 1. The van der Waals surface area contributed by atoms with Crippen molar-refractivity contribution < 1.29 is 17.9 Å². The predicted octanol–water partition coefficient (Wildman–Crippen LogP) is 6.65. The summed E-state index contributed by atoms with van der Waals surface area (Å²) in [6, 6.07) is 19.1. The van der Waals surface area contributed by atoms with Crippen molar-refractivity contribution in [2.45, 2.75) is 11.4 Å². The van der Waals surface area contributed by atoms with Gasteiger partial charge in [0, 0.05) is 28.7 Å². The topological polar surface area (TPSA) is 101 Å². The fourth-order valence-corrected chi connectivity index (χ4v) is 6.22. The van der Waals surface area contributed by atoms with Crippen LogP contribution in [0.15, 0.2) is 90.1 Å². The van der Waals surface area contributed by atoms with Gasteiger partial charge in [0.25, 0.3) is 15.9 Å². The lowest BCUT2D eigenvalue weighted by molar-refractivity contribution is 0.0985. The summed E-state index contributed by atoms with van der Waals surface area (Å²) in [5.41, 5.74) is 2.00. The number of fused-ring (bicyclic) bond motifs is 1. The van der Waals surface area contributed by atoms with E-state index in [9.17, 15) is 13.2 Å². The van der Waals surface area contributed by atoms with E-state index in [4.69, 9.17) is 27.9 Å². The zero-order valence-electron chi connectivity index (χ0n) is 20.3. The van der Waals surface area contributed by atoms with Crippen LogP contribution in [0.1, 0.15) is 15.9 Å². The number of nitrogens with zero attached hydrogens (tertiary/aromatic N) is 3. The highest BCUT2D eigenvalue weighted by Crippen LogP contribution is 2.39. The number of sulfonamides is 1. The molecule has 1 N–H and O–H groups in total. The molecule has 0 saturated heterocycles. The van der Waals surface area contributed by atoms with Gasteiger partial charge in [-0.05, 0) is 72.3 Å². The number of thiazole rings is 1. The Labute approximate surface area is 238 Å². The number of rotatable bonds is 8. The third-order valence-electron chi connectivity index (χ3n) is 5.71. The Morgan fingerprint density at radius 3 is 2.44 bits per heavy atom. The molecule has 12 heteroatoms. The average molecular weight is 600 g/mol. The first-order valence-electron chi connectivity index (χ1n) is 11.5. The van der Waals surface area contributed by atoms with E-state index in [0.29, 0.717) is 42.4 Å². The van der Waals surface area contributed by atoms with Crippen molar-refractivity contribution in [1.29, 1.82) is 0 Å². The van der Waals surface area contributed by atoms with Crippen molar-refractivity contribution in [1.82, 2.24) is 9.97 Å². The summed E-state index contributed by atoms with van der Waals surface area (Å²) in [6.45, 7) is 0.206. The minimum atomic E-state index is -3.83. The number of amides is 1. The third-order valence-corrected chi connectivity index (χ3v) is 8.90. The van der Waals surface area contributed by atoms with Crippen molar-refractivity contribution in [2.24, 2.45) is 0 Å². The maximum Gasteiger partial charge on any atom is 0.261 e. The molecule has 8 nitrogen and oxygen atoms in total. The van der Waals surface area contributed by atoms with Gasteiger partial charge in [-0.15, -0.1) is 0 Å². The van der Waals surface area contributed by atoms with Crippen molar-refractivity contribution >= 4 is 71.5 Å². The van der Waals surface area contributed by atoms with Gasteiger partial charge in [-0.3, -0.25) is 19.4 Å². The molecule has 39 heavy (non-hydrogen) atoms. The van der Waals surface area contributed by atoms with Crippen LogP contribution in [0, 0.1) is 0 Å². The molecule has 0 aliphatic carbocycles. The van der Waals surface area contributed by atoms with Gasteiger partial charge in [-0.25, -0.2) is 13.4 Å². The molecule has 0 fully saturated rings. The highest BCUT2D eigenvalue weighted by Gasteiger charge is 2.24. The number of benzene rings is 3. The second kappa shape index (κ2) is 11.2. The van der Waals surface area contributed by atoms with E-state index in [1.54, 1.807) is 49.8 Å². The molecule has 2 aromatic heterocycles. The molecule has 0 aliphatic heterocycles. The number of carbonyl (C=O) groups is 1. The minimum Gasteiger partial charge on any atom is -0.494 e. The first-order valence-corrected chi connectivity index (χ1v) is 14.5. The van der Waals surface area contributed by atoms with Crippen molar-refractivity contribution in [2.75, 3.05) is 16.7 Å². The van der Waals surface area contributed by atoms with Crippen LogP contribution in [0.5, 0.6) is 5.75 Å². The van der Waals surface area contributed by atoms with Crippen LogP contribution in [0.4, 0.5) is 10.8 Å². The van der Waals surface area contributed by atoms with E-state index in [1.807, 2.05) is 6.07 Å². The molecule has 0 aliphatic rings. The van der Waals surface area contributed by atoms with E-state index in [0.717, 1.165) is 5.56 Å². The molecule has 0 bridgehead atoms. The Bertz CT molecular complexity index is 1750. The summed E-state index contributed by atoms with van der Waals surface area (Å²) >= 11 is 13.6. The first-order chi connectivity index (χ1) is 18.7. The molecule has 0 atom stereocenters. The number of methoxy groups -OCH3 is 1. The first kappa shape index (κ1) is 26.9. The quantitative estimate of drug-likeness (QED) is 0.214. The molecule has 3 aromatic carbocycles. The van der Waals surface area contributed by atoms with E-state index in [1.165, 1.54) is 52.6 Å². The van der Waals surface area contributed by atoms with Crippen LogP contribution in [0.2, 0.25) is 10.0 Å². The normalized spacial score (nSPS) is 11.4. The smallest absolute Gasteiger partial charge is 0.261 e. The Balaban J connectivity index is 1.46. The standard InChI is InChI=1S/C27H20Cl2N4O4S2/c1-37-23-13-12-22(29)25-24(23)31-27(38-25)33(16-17-3-2-14-30-15-17)26(34)18-4-8-20(9-5-18)32-39(35,36)21-10-6-19(28)7-11-21/h2-15,32H,16H2,1H3. The number of hydrogen-bond donors (Lipinski definition) is 1. The maximum atomic E-state index is 13.8. The molecule has 198 valence electrons. The minimum absolute atomic E-state index is 0.0691. The van der Waals surface area contributed by atoms with Crippen molar-refractivity contribution in [3.05, 3.63) is 106 Å².